The number of nitrogens with one attached hydrogen (secondary N) is 2. The zero-order valence-electron chi connectivity index (χ0n) is 10.2. The topological polar surface area (TPSA) is 74.8 Å². The molecule has 0 fully saturated rings. The second kappa shape index (κ2) is 5.49. The Labute approximate surface area is 122 Å². The van der Waals surface area contributed by atoms with E-state index in [2.05, 4.69) is 25.9 Å². The van der Waals surface area contributed by atoms with Crippen LogP contribution in [0, 0.1) is 11.6 Å². The van der Waals surface area contributed by atoms with Gasteiger partial charge in [0.05, 0.1) is 16.4 Å². The highest BCUT2D eigenvalue weighted by Crippen LogP contribution is 2.25. The van der Waals surface area contributed by atoms with E-state index in [1.54, 1.807) is 6.92 Å². The molecule has 1 aromatic heterocycles. The molecular formula is C11H10BrF2N3O2S. The van der Waals surface area contributed by atoms with Gasteiger partial charge in [-0.1, -0.05) is 6.92 Å². The van der Waals surface area contributed by atoms with Gasteiger partial charge in [0.1, 0.15) is 17.5 Å². The van der Waals surface area contributed by atoms with E-state index in [0.717, 1.165) is 12.3 Å². The summed E-state index contributed by atoms with van der Waals surface area (Å²) >= 11 is 2.86. The van der Waals surface area contributed by atoms with Gasteiger partial charge in [-0.25, -0.2) is 13.8 Å². The molecule has 0 bridgehead atoms. The van der Waals surface area contributed by atoms with E-state index < -0.39 is 21.7 Å². The molecule has 0 unspecified atom stereocenters. The average Bonchev–Trinajstić information content (AvgIpc) is 2.85. The van der Waals surface area contributed by atoms with Gasteiger partial charge in [-0.05, 0) is 22.0 Å². The van der Waals surface area contributed by atoms with Crippen LogP contribution >= 0.6 is 15.9 Å². The number of benzene rings is 1. The molecule has 9 heteroatoms. The van der Waals surface area contributed by atoms with E-state index >= 15 is 0 Å². The normalized spacial score (nSPS) is 11.6. The summed E-state index contributed by atoms with van der Waals surface area (Å²) in [5, 5.41) is -0.186. The van der Waals surface area contributed by atoms with Crippen molar-refractivity contribution in [1.29, 1.82) is 0 Å². The molecule has 0 aliphatic rings. The molecule has 0 aliphatic heterocycles. The van der Waals surface area contributed by atoms with Gasteiger partial charge in [0.25, 0.3) is 10.0 Å². The van der Waals surface area contributed by atoms with Crippen LogP contribution < -0.4 is 4.72 Å². The summed E-state index contributed by atoms with van der Waals surface area (Å²) in [6, 6.07) is 1.60. The number of hydrogen-bond donors (Lipinski definition) is 2. The van der Waals surface area contributed by atoms with Crippen LogP contribution in [0.1, 0.15) is 12.7 Å². The van der Waals surface area contributed by atoms with E-state index in [4.69, 9.17) is 0 Å². The molecule has 0 amide bonds. The third-order valence-corrected chi connectivity index (χ3v) is 4.37. The molecule has 1 aromatic carbocycles. The lowest BCUT2D eigenvalue weighted by atomic mass is 10.3. The number of anilines is 1. The van der Waals surface area contributed by atoms with Gasteiger partial charge in [0.2, 0.25) is 0 Å². The maximum absolute atomic E-state index is 13.5. The molecule has 20 heavy (non-hydrogen) atoms. The van der Waals surface area contributed by atoms with Crippen LogP contribution in [0.2, 0.25) is 0 Å². The van der Waals surface area contributed by atoms with Crippen molar-refractivity contribution in [1.82, 2.24) is 9.97 Å². The zero-order valence-corrected chi connectivity index (χ0v) is 12.6. The van der Waals surface area contributed by atoms with Crippen molar-refractivity contribution >= 4 is 31.6 Å². The number of aromatic nitrogens is 2. The molecule has 2 N–H and O–H groups in total. The van der Waals surface area contributed by atoms with Crippen molar-refractivity contribution in [2.75, 3.05) is 4.72 Å². The Morgan fingerprint density at radius 1 is 1.35 bits per heavy atom. The van der Waals surface area contributed by atoms with Crippen molar-refractivity contribution in [2.45, 2.75) is 18.4 Å². The number of nitrogens with zero attached hydrogens (tertiary/aromatic N) is 1. The van der Waals surface area contributed by atoms with E-state index in [-0.39, 0.29) is 15.2 Å². The molecular weight excluding hydrogens is 356 g/mol. The van der Waals surface area contributed by atoms with Crippen molar-refractivity contribution in [3.8, 4) is 0 Å². The summed E-state index contributed by atoms with van der Waals surface area (Å²) in [6.07, 6.45) is 1.67. The summed E-state index contributed by atoms with van der Waals surface area (Å²) in [4.78, 5) is 6.46. The van der Waals surface area contributed by atoms with Gasteiger partial charge in [0.15, 0.2) is 5.03 Å². The molecule has 0 atom stereocenters. The molecule has 0 saturated carbocycles. The first-order valence-corrected chi connectivity index (χ1v) is 7.82. The minimum absolute atomic E-state index is 0.0459. The number of halogens is 3. The Bertz CT molecular complexity index is 746. The first kappa shape index (κ1) is 14.9. The number of imidazole rings is 1. The van der Waals surface area contributed by atoms with Gasteiger partial charge >= 0.3 is 0 Å². The molecule has 0 saturated heterocycles. The maximum atomic E-state index is 13.5. The highest BCUT2D eigenvalue weighted by atomic mass is 79.9. The predicted molar refractivity (Wildman–Crippen MR) is 72.8 cm³/mol. The number of hydrogen-bond acceptors (Lipinski definition) is 3. The summed E-state index contributed by atoms with van der Waals surface area (Å²) in [6.45, 7) is 1.80. The smallest absolute Gasteiger partial charge is 0.279 e. The molecule has 1 heterocycles. The van der Waals surface area contributed by atoms with Crippen molar-refractivity contribution in [3.05, 3.63) is 40.3 Å². The summed E-state index contributed by atoms with van der Waals surface area (Å²) in [5.74, 6) is -1.34. The van der Waals surface area contributed by atoms with Crippen LogP contribution in [0.4, 0.5) is 14.5 Å². The van der Waals surface area contributed by atoms with E-state index in [9.17, 15) is 17.2 Å². The molecule has 0 radical (unpaired) electrons. The first-order valence-electron chi connectivity index (χ1n) is 5.54. The zero-order chi connectivity index (χ0) is 14.9. The van der Waals surface area contributed by atoms with Gasteiger partial charge in [0, 0.05) is 12.5 Å². The molecule has 0 spiro atoms. The lowest BCUT2D eigenvalue weighted by molar-refractivity contribution is 0.578. The number of aryl methyl sites for hydroxylation is 1. The van der Waals surface area contributed by atoms with Gasteiger partial charge in [-0.2, -0.15) is 8.42 Å². The van der Waals surface area contributed by atoms with Crippen LogP contribution in [0.5, 0.6) is 0 Å². The highest BCUT2D eigenvalue weighted by molar-refractivity contribution is 9.10. The van der Waals surface area contributed by atoms with Gasteiger partial charge < -0.3 is 4.98 Å². The number of H-pyrrole nitrogens is 1. The van der Waals surface area contributed by atoms with Crippen molar-refractivity contribution in [3.63, 3.8) is 0 Å². The van der Waals surface area contributed by atoms with Crippen molar-refractivity contribution in [2.24, 2.45) is 0 Å². The summed E-state index contributed by atoms with van der Waals surface area (Å²) < 4.78 is 52.7. The quantitative estimate of drug-likeness (QED) is 0.818. The fraction of sp³-hybridized carbons (Fsp3) is 0.182. The Kier molecular flexibility index (Phi) is 4.09. The lowest BCUT2D eigenvalue weighted by Crippen LogP contribution is -2.14. The Morgan fingerprint density at radius 3 is 2.65 bits per heavy atom. The Morgan fingerprint density at radius 2 is 2.05 bits per heavy atom. The average molecular weight is 366 g/mol. The van der Waals surface area contributed by atoms with E-state index in [1.807, 2.05) is 4.72 Å². The van der Waals surface area contributed by atoms with Crippen LogP contribution in [0.15, 0.2) is 27.8 Å². The van der Waals surface area contributed by atoms with Gasteiger partial charge in [-0.15, -0.1) is 0 Å². The van der Waals surface area contributed by atoms with Crippen LogP contribution in [-0.4, -0.2) is 18.4 Å². The van der Waals surface area contributed by atoms with Gasteiger partial charge in [-0.3, -0.25) is 4.72 Å². The fourth-order valence-electron chi connectivity index (χ4n) is 1.46. The second-order valence-electron chi connectivity index (χ2n) is 3.90. The largest absolute Gasteiger partial charge is 0.332 e. The third-order valence-electron chi connectivity index (χ3n) is 2.48. The molecule has 108 valence electrons. The Hall–Kier alpha value is -1.48. The Balaban J connectivity index is 2.35. The number of aromatic amines is 1. The van der Waals surface area contributed by atoms with Crippen LogP contribution in [0.25, 0.3) is 0 Å². The number of sulfonamides is 1. The summed E-state index contributed by atoms with van der Waals surface area (Å²) in [5.41, 5.74) is -0.356. The standard InChI is InChI=1S/C11H10BrF2N3O2S/c1-2-10-15-5-11(16-10)20(18,19)17-9-3-6(12)7(13)4-8(9)14/h3-5,17H,2H2,1H3,(H,15,16). The third kappa shape index (κ3) is 2.98. The monoisotopic (exact) mass is 365 g/mol. The predicted octanol–water partition coefficient (Wildman–Crippen LogP) is 2.81. The van der Waals surface area contributed by atoms with Crippen molar-refractivity contribution < 1.29 is 17.2 Å². The SMILES string of the molecule is CCc1ncc(S(=O)(=O)Nc2cc(Br)c(F)cc2F)[nH]1. The lowest BCUT2D eigenvalue weighted by Gasteiger charge is -2.08. The van der Waals surface area contributed by atoms with E-state index in [0.29, 0.717) is 18.3 Å². The van der Waals surface area contributed by atoms with Crippen LogP contribution in [0.3, 0.4) is 0 Å². The summed E-state index contributed by atoms with van der Waals surface area (Å²) in [7, 11) is -4.01. The maximum Gasteiger partial charge on any atom is 0.279 e. The molecule has 5 nitrogen and oxygen atoms in total. The van der Waals surface area contributed by atoms with E-state index in [1.165, 1.54) is 0 Å². The number of rotatable bonds is 4. The minimum atomic E-state index is -4.01. The molecule has 2 aromatic rings. The molecule has 0 aliphatic carbocycles. The molecule has 2 rings (SSSR count). The second-order valence-corrected chi connectivity index (χ2v) is 6.40. The van der Waals surface area contributed by atoms with Crippen LogP contribution in [-0.2, 0) is 16.4 Å². The highest BCUT2D eigenvalue weighted by Gasteiger charge is 2.20. The fourth-order valence-corrected chi connectivity index (χ4v) is 2.80. The minimum Gasteiger partial charge on any atom is -0.332 e. The first-order chi connectivity index (χ1) is 9.33.